The molecule has 10 heteroatoms. The number of nitrogens with one attached hydrogen (secondary N) is 1. The molecular weight excluding hydrogens is 375 g/mol. The maximum atomic E-state index is 12.5. The fraction of sp³-hybridized carbons (Fsp3) is 0.389. The second-order valence-electron chi connectivity index (χ2n) is 6.16. The topological polar surface area (TPSA) is 78.0 Å². The zero-order chi connectivity index (χ0) is 20.0. The average Bonchev–Trinajstić information content (AvgIpc) is 3.32. The number of benzene rings is 1. The van der Waals surface area contributed by atoms with Crippen LogP contribution in [0.2, 0.25) is 0 Å². The van der Waals surface area contributed by atoms with E-state index in [0.29, 0.717) is 25.3 Å². The van der Waals surface area contributed by atoms with Crippen LogP contribution in [-0.4, -0.2) is 33.1 Å². The van der Waals surface area contributed by atoms with E-state index in [9.17, 15) is 13.2 Å². The molecule has 0 aliphatic rings. The van der Waals surface area contributed by atoms with Crippen molar-refractivity contribution in [3.05, 3.63) is 53.7 Å². The Bertz CT molecular complexity index is 874. The van der Waals surface area contributed by atoms with E-state index < -0.39 is 12.1 Å². The van der Waals surface area contributed by atoms with E-state index in [1.54, 1.807) is 35.1 Å². The van der Waals surface area contributed by atoms with E-state index in [2.05, 4.69) is 25.2 Å². The van der Waals surface area contributed by atoms with Gasteiger partial charge in [-0.3, -0.25) is 4.68 Å². The lowest BCUT2D eigenvalue weighted by molar-refractivity contribution is -0.159. The first-order chi connectivity index (χ1) is 13.5. The molecule has 0 aliphatic carbocycles. The van der Waals surface area contributed by atoms with Gasteiger partial charge in [-0.2, -0.15) is 23.3 Å². The Hall–Kier alpha value is -2.72. The Morgan fingerprint density at radius 2 is 1.96 bits per heavy atom. The van der Waals surface area contributed by atoms with Gasteiger partial charge in [0.25, 0.3) is 0 Å². The largest absolute Gasteiger partial charge is 0.471 e. The summed E-state index contributed by atoms with van der Waals surface area (Å²) in [5.41, 5.74) is 5.37. The van der Waals surface area contributed by atoms with Gasteiger partial charge in [0.2, 0.25) is 5.82 Å². The smallest absolute Gasteiger partial charge is 0.329 e. The predicted molar refractivity (Wildman–Crippen MR) is 94.0 cm³/mol. The van der Waals surface area contributed by atoms with E-state index >= 15 is 0 Å². The molecule has 0 saturated heterocycles. The van der Waals surface area contributed by atoms with Crippen molar-refractivity contribution in [1.29, 1.82) is 0 Å². The SMILES string of the molecule is CCCONCCc1cnn(Cc2ccc(-c3noc(C(F)(F)F)n3)cc2)c1. The van der Waals surface area contributed by atoms with E-state index in [0.717, 1.165) is 24.0 Å². The summed E-state index contributed by atoms with van der Waals surface area (Å²) in [7, 11) is 0. The molecule has 0 saturated carbocycles. The van der Waals surface area contributed by atoms with Crippen LogP contribution in [0, 0.1) is 0 Å². The highest BCUT2D eigenvalue weighted by atomic mass is 19.4. The molecule has 1 N–H and O–H groups in total. The van der Waals surface area contributed by atoms with Crippen LogP contribution in [0.3, 0.4) is 0 Å². The highest BCUT2D eigenvalue weighted by molar-refractivity contribution is 5.54. The third kappa shape index (κ3) is 5.40. The van der Waals surface area contributed by atoms with Gasteiger partial charge in [-0.15, -0.1) is 0 Å². The zero-order valence-electron chi connectivity index (χ0n) is 15.2. The van der Waals surface area contributed by atoms with Crippen molar-refractivity contribution < 1.29 is 22.5 Å². The molecular formula is C18H20F3N5O2. The van der Waals surface area contributed by atoms with E-state index in [4.69, 9.17) is 4.84 Å². The molecule has 28 heavy (non-hydrogen) atoms. The average molecular weight is 395 g/mol. The first-order valence-electron chi connectivity index (χ1n) is 8.82. The second-order valence-corrected chi connectivity index (χ2v) is 6.16. The highest BCUT2D eigenvalue weighted by Gasteiger charge is 2.38. The van der Waals surface area contributed by atoms with Crippen molar-refractivity contribution in [1.82, 2.24) is 25.4 Å². The zero-order valence-corrected chi connectivity index (χ0v) is 15.2. The Morgan fingerprint density at radius 1 is 1.18 bits per heavy atom. The third-order valence-corrected chi connectivity index (χ3v) is 3.84. The van der Waals surface area contributed by atoms with Gasteiger partial charge in [-0.05, 0) is 24.0 Å². The normalized spacial score (nSPS) is 11.9. The molecule has 0 unspecified atom stereocenters. The molecule has 0 aliphatic heterocycles. The number of hydrogen-bond acceptors (Lipinski definition) is 6. The van der Waals surface area contributed by atoms with Crippen molar-refractivity contribution in [3.63, 3.8) is 0 Å². The van der Waals surface area contributed by atoms with E-state index in [1.165, 1.54) is 0 Å². The van der Waals surface area contributed by atoms with Crippen molar-refractivity contribution in [3.8, 4) is 11.4 Å². The first kappa shape index (κ1) is 20.0. The van der Waals surface area contributed by atoms with Crippen LogP contribution < -0.4 is 5.48 Å². The number of aromatic nitrogens is 4. The summed E-state index contributed by atoms with van der Waals surface area (Å²) in [5, 5.41) is 7.70. The molecule has 2 heterocycles. The number of rotatable bonds is 9. The van der Waals surface area contributed by atoms with Gasteiger partial charge in [0.1, 0.15) is 0 Å². The van der Waals surface area contributed by atoms with Gasteiger partial charge < -0.3 is 9.36 Å². The van der Waals surface area contributed by atoms with Crippen molar-refractivity contribution in [2.24, 2.45) is 0 Å². The van der Waals surface area contributed by atoms with Gasteiger partial charge in [0.15, 0.2) is 0 Å². The molecule has 1 aromatic carbocycles. The molecule has 2 aromatic heterocycles. The number of alkyl halides is 3. The Balaban J connectivity index is 1.55. The van der Waals surface area contributed by atoms with Crippen LogP contribution in [0.25, 0.3) is 11.4 Å². The molecule has 0 fully saturated rings. The maximum Gasteiger partial charge on any atom is 0.471 e. The van der Waals surface area contributed by atoms with Gasteiger partial charge in [0.05, 0.1) is 19.3 Å². The van der Waals surface area contributed by atoms with Crippen LogP contribution in [0.15, 0.2) is 41.2 Å². The molecule has 0 radical (unpaired) electrons. The number of nitrogens with zero attached hydrogens (tertiary/aromatic N) is 4. The van der Waals surface area contributed by atoms with Gasteiger partial charge >= 0.3 is 12.1 Å². The Labute approximate surface area is 159 Å². The van der Waals surface area contributed by atoms with Gasteiger partial charge in [0, 0.05) is 18.3 Å². The first-order valence-corrected chi connectivity index (χ1v) is 8.82. The lowest BCUT2D eigenvalue weighted by atomic mass is 10.1. The van der Waals surface area contributed by atoms with Crippen LogP contribution in [0.1, 0.15) is 30.4 Å². The number of hydroxylamine groups is 1. The predicted octanol–water partition coefficient (Wildman–Crippen LogP) is 3.47. The summed E-state index contributed by atoms with van der Waals surface area (Å²) in [4.78, 5) is 8.60. The molecule has 150 valence electrons. The van der Waals surface area contributed by atoms with Gasteiger partial charge in [-0.25, -0.2) is 5.48 Å². The van der Waals surface area contributed by atoms with Gasteiger partial charge in [-0.1, -0.05) is 36.3 Å². The standard InChI is InChI=1S/C18H20F3N5O2/c1-2-9-27-23-8-7-14-10-22-26(12-14)11-13-3-5-15(6-4-13)16-24-17(28-25-16)18(19,20)21/h3-6,10,12,23H,2,7-9,11H2,1H3. The van der Waals surface area contributed by atoms with Crippen molar-refractivity contribution in [2.75, 3.05) is 13.2 Å². The molecule has 0 atom stereocenters. The summed E-state index contributed by atoms with van der Waals surface area (Å²) in [6.45, 7) is 3.96. The minimum atomic E-state index is -4.65. The molecule has 0 amide bonds. The van der Waals surface area contributed by atoms with E-state index in [1.807, 2.05) is 13.1 Å². The summed E-state index contributed by atoms with van der Waals surface area (Å²) < 4.78 is 43.7. The molecule has 0 bridgehead atoms. The van der Waals surface area contributed by atoms with Crippen LogP contribution in [-0.2, 0) is 24.0 Å². The third-order valence-electron chi connectivity index (χ3n) is 3.84. The van der Waals surface area contributed by atoms with E-state index in [-0.39, 0.29) is 5.82 Å². The monoisotopic (exact) mass is 395 g/mol. The van der Waals surface area contributed by atoms with Crippen LogP contribution in [0.5, 0.6) is 0 Å². The van der Waals surface area contributed by atoms with Crippen molar-refractivity contribution in [2.45, 2.75) is 32.5 Å². The minimum Gasteiger partial charge on any atom is -0.329 e. The summed E-state index contributed by atoms with van der Waals surface area (Å²) >= 11 is 0. The molecule has 3 rings (SSSR count). The molecule has 7 nitrogen and oxygen atoms in total. The lowest BCUT2D eigenvalue weighted by Crippen LogP contribution is -2.18. The second kappa shape index (κ2) is 8.98. The quantitative estimate of drug-likeness (QED) is 0.442. The highest BCUT2D eigenvalue weighted by Crippen LogP contribution is 2.29. The number of hydrogen-bond donors (Lipinski definition) is 1. The lowest BCUT2D eigenvalue weighted by Gasteiger charge is -2.03. The summed E-state index contributed by atoms with van der Waals surface area (Å²) in [6, 6.07) is 6.89. The molecule has 0 spiro atoms. The minimum absolute atomic E-state index is 0.0990. The van der Waals surface area contributed by atoms with Crippen LogP contribution in [0.4, 0.5) is 13.2 Å². The molecule has 3 aromatic rings. The maximum absolute atomic E-state index is 12.5. The fourth-order valence-electron chi connectivity index (χ4n) is 2.47. The number of halogens is 3. The Kier molecular flexibility index (Phi) is 6.42. The summed E-state index contributed by atoms with van der Waals surface area (Å²) in [6.07, 6.45) is 0.848. The Morgan fingerprint density at radius 3 is 2.64 bits per heavy atom. The fourth-order valence-corrected chi connectivity index (χ4v) is 2.47. The summed E-state index contributed by atoms with van der Waals surface area (Å²) in [5.74, 6) is -1.46. The van der Waals surface area contributed by atoms with Crippen LogP contribution >= 0.6 is 0 Å². The van der Waals surface area contributed by atoms with Crippen molar-refractivity contribution >= 4 is 0 Å².